The standard InChI is InChI=1S/C18H20FN3O2.ClH/c19-13-4-6-14(7-5-13)22-17-3-1-2-15(17)16(20-22)11-21-9-8-12(10-21)18(23)24;/h4-7,12H,1-3,8-11H2,(H,23,24);1H. The Labute approximate surface area is 151 Å². The van der Waals surface area contributed by atoms with Gasteiger partial charge in [-0.25, -0.2) is 9.07 Å². The topological polar surface area (TPSA) is 58.4 Å². The Hall–Kier alpha value is -1.92. The number of nitrogens with zero attached hydrogens (tertiary/aromatic N) is 3. The normalized spacial score (nSPS) is 19.6. The van der Waals surface area contributed by atoms with E-state index in [0.29, 0.717) is 19.5 Å². The first-order chi connectivity index (χ1) is 11.6. The van der Waals surface area contributed by atoms with Crippen molar-refractivity contribution in [3.63, 3.8) is 0 Å². The Kier molecular flexibility index (Phi) is 5.11. The van der Waals surface area contributed by atoms with Crippen LogP contribution in [0.5, 0.6) is 0 Å². The van der Waals surface area contributed by atoms with Crippen molar-refractivity contribution in [1.29, 1.82) is 0 Å². The van der Waals surface area contributed by atoms with Crippen molar-refractivity contribution in [3.8, 4) is 5.69 Å². The number of fused-ring (bicyclic) bond motifs is 1. The molecule has 4 rings (SSSR count). The van der Waals surface area contributed by atoms with Gasteiger partial charge < -0.3 is 5.11 Å². The number of likely N-dealkylation sites (tertiary alicyclic amines) is 1. The van der Waals surface area contributed by atoms with Gasteiger partial charge in [-0.3, -0.25) is 9.69 Å². The second-order valence-corrected chi connectivity index (χ2v) is 6.67. The lowest BCUT2D eigenvalue weighted by molar-refractivity contribution is -0.141. The zero-order chi connectivity index (χ0) is 16.7. The summed E-state index contributed by atoms with van der Waals surface area (Å²) in [6.45, 7) is 2.09. The van der Waals surface area contributed by atoms with Crippen molar-refractivity contribution in [3.05, 3.63) is 47.0 Å². The van der Waals surface area contributed by atoms with Crippen LogP contribution in [0.25, 0.3) is 5.69 Å². The fourth-order valence-electron chi connectivity index (χ4n) is 3.83. The van der Waals surface area contributed by atoms with Crippen molar-refractivity contribution in [2.24, 2.45) is 5.92 Å². The Morgan fingerprint density at radius 1 is 1.28 bits per heavy atom. The van der Waals surface area contributed by atoms with E-state index in [4.69, 9.17) is 10.2 Å². The molecular formula is C18H21ClFN3O2. The lowest BCUT2D eigenvalue weighted by atomic mass is 10.1. The Bertz CT molecular complexity index is 775. The molecule has 2 aromatic rings. The molecule has 0 spiro atoms. The van der Waals surface area contributed by atoms with Gasteiger partial charge in [0.2, 0.25) is 0 Å². The van der Waals surface area contributed by atoms with Gasteiger partial charge in [-0.15, -0.1) is 12.4 Å². The minimum atomic E-state index is -0.709. The molecule has 1 unspecified atom stereocenters. The molecule has 1 fully saturated rings. The van der Waals surface area contributed by atoms with Gasteiger partial charge in [-0.1, -0.05) is 0 Å². The molecule has 1 saturated heterocycles. The third-order valence-corrected chi connectivity index (χ3v) is 5.08. The van der Waals surface area contributed by atoms with Crippen LogP contribution in [0.1, 0.15) is 29.8 Å². The molecule has 0 radical (unpaired) electrons. The molecule has 0 saturated carbocycles. The van der Waals surface area contributed by atoms with E-state index in [2.05, 4.69) is 4.90 Å². The first-order valence-corrected chi connectivity index (χ1v) is 8.42. The van der Waals surface area contributed by atoms with Crippen molar-refractivity contribution in [1.82, 2.24) is 14.7 Å². The molecule has 1 atom stereocenters. The van der Waals surface area contributed by atoms with Crippen molar-refractivity contribution < 1.29 is 14.3 Å². The van der Waals surface area contributed by atoms with E-state index in [9.17, 15) is 9.18 Å². The number of carboxylic acids is 1. The third kappa shape index (κ3) is 3.41. The highest BCUT2D eigenvalue weighted by Crippen LogP contribution is 2.29. The second-order valence-electron chi connectivity index (χ2n) is 6.67. The van der Waals surface area contributed by atoms with Gasteiger partial charge >= 0.3 is 5.97 Å². The van der Waals surface area contributed by atoms with Crippen LogP contribution >= 0.6 is 12.4 Å². The Balaban J connectivity index is 0.00000182. The SMILES string of the molecule is Cl.O=C(O)C1CCN(Cc2nn(-c3ccc(F)cc3)c3c2CCC3)C1. The van der Waals surface area contributed by atoms with E-state index in [-0.39, 0.29) is 24.1 Å². The smallest absolute Gasteiger partial charge is 0.307 e. The summed E-state index contributed by atoms with van der Waals surface area (Å²) in [5, 5.41) is 13.9. The lowest BCUT2D eigenvalue weighted by Crippen LogP contribution is -2.23. The highest BCUT2D eigenvalue weighted by atomic mass is 35.5. The molecule has 1 aliphatic heterocycles. The predicted octanol–water partition coefficient (Wildman–Crippen LogP) is 2.83. The largest absolute Gasteiger partial charge is 0.481 e. The minimum Gasteiger partial charge on any atom is -0.481 e. The number of halogens is 2. The van der Waals surface area contributed by atoms with Crippen LogP contribution in [0.2, 0.25) is 0 Å². The number of carboxylic acid groups (broad SMARTS) is 1. The molecule has 2 heterocycles. The van der Waals surface area contributed by atoms with Gasteiger partial charge in [0.1, 0.15) is 5.82 Å². The Morgan fingerprint density at radius 2 is 2.04 bits per heavy atom. The van der Waals surface area contributed by atoms with E-state index >= 15 is 0 Å². The fourth-order valence-corrected chi connectivity index (χ4v) is 3.83. The van der Waals surface area contributed by atoms with E-state index < -0.39 is 5.97 Å². The van der Waals surface area contributed by atoms with Crippen LogP contribution in [0.4, 0.5) is 4.39 Å². The van der Waals surface area contributed by atoms with Gasteiger partial charge in [0.15, 0.2) is 0 Å². The zero-order valence-electron chi connectivity index (χ0n) is 13.8. The highest BCUT2D eigenvalue weighted by Gasteiger charge is 2.30. The first-order valence-electron chi connectivity index (χ1n) is 8.42. The van der Waals surface area contributed by atoms with Gasteiger partial charge in [0, 0.05) is 18.8 Å². The van der Waals surface area contributed by atoms with Crippen molar-refractivity contribution in [2.75, 3.05) is 13.1 Å². The number of aromatic nitrogens is 2. The lowest BCUT2D eigenvalue weighted by Gasteiger charge is -2.14. The van der Waals surface area contributed by atoms with Crippen molar-refractivity contribution in [2.45, 2.75) is 32.2 Å². The predicted molar refractivity (Wildman–Crippen MR) is 93.8 cm³/mol. The molecule has 2 aliphatic rings. The number of hydrogen-bond acceptors (Lipinski definition) is 3. The summed E-state index contributed by atoms with van der Waals surface area (Å²) in [7, 11) is 0. The number of aliphatic carboxylic acids is 1. The molecule has 0 bridgehead atoms. The Morgan fingerprint density at radius 3 is 2.72 bits per heavy atom. The summed E-state index contributed by atoms with van der Waals surface area (Å²) in [6.07, 6.45) is 3.81. The van der Waals surface area contributed by atoms with Crippen molar-refractivity contribution >= 4 is 18.4 Å². The molecule has 1 aromatic carbocycles. The van der Waals surface area contributed by atoms with Crippen LogP contribution in [0.15, 0.2) is 24.3 Å². The molecule has 5 nitrogen and oxygen atoms in total. The van der Waals surface area contributed by atoms with Crippen LogP contribution in [-0.2, 0) is 24.2 Å². The maximum atomic E-state index is 13.2. The molecule has 25 heavy (non-hydrogen) atoms. The van der Waals surface area contributed by atoms with E-state index in [1.165, 1.54) is 23.4 Å². The van der Waals surface area contributed by atoms with Crippen LogP contribution in [-0.4, -0.2) is 38.8 Å². The molecule has 1 N–H and O–H groups in total. The number of carbonyl (C=O) groups is 1. The van der Waals surface area contributed by atoms with Crippen LogP contribution in [0.3, 0.4) is 0 Å². The molecule has 1 aliphatic carbocycles. The van der Waals surface area contributed by atoms with Gasteiger partial charge in [0.25, 0.3) is 0 Å². The quantitative estimate of drug-likeness (QED) is 0.905. The molecule has 134 valence electrons. The molecule has 0 amide bonds. The van der Waals surface area contributed by atoms with E-state index in [1.807, 2.05) is 4.68 Å². The summed E-state index contributed by atoms with van der Waals surface area (Å²) < 4.78 is 15.1. The van der Waals surface area contributed by atoms with Gasteiger partial charge in [-0.2, -0.15) is 5.10 Å². The zero-order valence-corrected chi connectivity index (χ0v) is 14.6. The summed E-state index contributed by atoms with van der Waals surface area (Å²) >= 11 is 0. The first kappa shape index (κ1) is 17.9. The van der Waals surface area contributed by atoms with E-state index in [1.54, 1.807) is 12.1 Å². The molecular weight excluding hydrogens is 345 g/mol. The summed E-state index contributed by atoms with van der Waals surface area (Å²) in [4.78, 5) is 13.3. The van der Waals surface area contributed by atoms with Gasteiger partial charge in [0.05, 0.1) is 17.3 Å². The molecule has 1 aromatic heterocycles. The third-order valence-electron chi connectivity index (χ3n) is 5.08. The maximum absolute atomic E-state index is 13.2. The average molecular weight is 366 g/mol. The van der Waals surface area contributed by atoms with E-state index in [0.717, 1.165) is 37.2 Å². The summed E-state index contributed by atoms with van der Waals surface area (Å²) in [5.74, 6) is -1.23. The average Bonchev–Trinajstić information content (AvgIpc) is 3.26. The monoisotopic (exact) mass is 365 g/mol. The van der Waals surface area contributed by atoms with Crippen LogP contribution in [0, 0.1) is 11.7 Å². The fraction of sp³-hybridized carbons (Fsp3) is 0.444. The summed E-state index contributed by atoms with van der Waals surface area (Å²) in [5.41, 5.74) is 4.42. The number of rotatable bonds is 4. The highest BCUT2D eigenvalue weighted by molar-refractivity contribution is 5.85. The van der Waals surface area contributed by atoms with Gasteiger partial charge in [-0.05, 0) is 62.1 Å². The number of hydrogen-bond donors (Lipinski definition) is 1. The maximum Gasteiger partial charge on any atom is 0.307 e. The van der Waals surface area contributed by atoms with Crippen LogP contribution < -0.4 is 0 Å². The summed E-state index contributed by atoms with van der Waals surface area (Å²) in [6, 6.07) is 6.41. The molecule has 7 heteroatoms. The second kappa shape index (κ2) is 7.14. The minimum absolute atomic E-state index is 0. The number of benzene rings is 1.